The van der Waals surface area contributed by atoms with Gasteiger partial charge in [0.15, 0.2) is 5.84 Å². The van der Waals surface area contributed by atoms with Gasteiger partial charge in [-0.05, 0) is 35.8 Å². The molecule has 3 heterocycles. The molecule has 0 fully saturated rings. The molecule has 0 saturated carbocycles. The van der Waals surface area contributed by atoms with Crippen LogP contribution in [-0.2, 0) is 10.0 Å². The van der Waals surface area contributed by atoms with Crippen molar-refractivity contribution in [2.24, 2.45) is 4.40 Å². The Morgan fingerprint density at radius 2 is 1.96 bits per heavy atom. The van der Waals surface area contributed by atoms with Crippen LogP contribution in [0.1, 0.15) is 31.2 Å². The summed E-state index contributed by atoms with van der Waals surface area (Å²) in [5.74, 6) is 1.48. The van der Waals surface area contributed by atoms with Gasteiger partial charge in [0.25, 0.3) is 15.9 Å². The molecule has 1 aromatic heterocycles. The molecule has 2 aliphatic heterocycles. The van der Waals surface area contributed by atoms with Crippen molar-refractivity contribution in [2.45, 2.75) is 19.8 Å². The maximum Gasteiger partial charge on any atom is 0.258 e. The Bertz CT molecular complexity index is 1030. The van der Waals surface area contributed by atoms with Gasteiger partial charge < -0.3 is 9.42 Å². The number of sulfonamides is 1. The first-order valence-electron chi connectivity index (χ1n) is 8.35. The fraction of sp³-hybridized carbons (Fsp3) is 0.278. The number of hydrogen-bond donors (Lipinski definition) is 0. The molecule has 0 amide bonds. The third-order valence-corrected chi connectivity index (χ3v) is 5.50. The van der Waals surface area contributed by atoms with Crippen molar-refractivity contribution in [3.63, 3.8) is 0 Å². The minimum Gasteiger partial charge on any atom is -0.334 e. The zero-order valence-corrected chi connectivity index (χ0v) is 15.3. The van der Waals surface area contributed by atoms with Crippen molar-refractivity contribution in [1.29, 1.82) is 0 Å². The number of amidine groups is 1. The molecule has 0 bridgehead atoms. The molecule has 0 spiro atoms. The quantitative estimate of drug-likeness (QED) is 0.825. The molecule has 7 nitrogen and oxygen atoms in total. The molecule has 0 N–H and O–H groups in total. The van der Waals surface area contributed by atoms with Crippen LogP contribution in [0.4, 0.5) is 0 Å². The van der Waals surface area contributed by atoms with Gasteiger partial charge in [-0.2, -0.15) is 4.98 Å². The first-order valence-corrected chi connectivity index (χ1v) is 9.96. The van der Waals surface area contributed by atoms with E-state index in [1.54, 1.807) is 17.2 Å². The molecule has 8 heteroatoms. The Morgan fingerprint density at radius 3 is 2.69 bits per heavy atom. The number of rotatable bonds is 3. The van der Waals surface area contributed by atoms with Crippen molar-refractivity contribution >= 4 is 21.4 Å². The van der Waals surface area contributed by atoms with Gasteiger partial charge in [0.05, 0.1) is 11.3 Å². The van der Waals surface area contributed by atoms with E-state index < -0.39 is 10.0 Å². The van der Waals surface area contributed by atoms with Crippen LogP contribution in [0.5, 0.6) is 0 Å². The molecule has 2 aliphatic rings. The molecule has 2 aromatic rings. The van der Waals surface area contributed by atoms with E-state index in [0.717, 1.165) is 5.56 Å². The zero-order chi connectivity index (χ0) is 18.3. The van der Waals surface area contributed by atoms with Gasteiger partial charge in [0.2, 0.25) is 5.82 Å². The highest BCUT2D eigenvalue weighted by Gasteiger charge is 2.29. The summed E-state index contributed by atoms with van der Waals surface area (Å²) in [5.41, 5.74) is 2.57. The standard InChI is InChI=1S/C18H18N4O3S/c1-12(2)13-5-7-14(8-6-13)18-19-16(20-25-18)15-4-3-9-22-10-11-26(23,24)21-17(15)22/h3-9,12H,10-11H2,1-2H3. The topological polar surface area (TPSA) is 88.7 Å². The number of fused-ring (bicyclic) bond motifs is 1. The molecular weight excluding hydrogens is 352 g/mol. The molecule has 4 rings (SSSR count). The van der Waals surface area contributed by atoms with E-state index >= 15 is 0 Å². The van der Waals surface area contributed by atoms with Gasteiger partial charge >= 0.3 is 0 Å². The minimum absolute atomic E-state index is 0.00614. The SMILES string of the molecule is CC(C)c1ccc(-c2nc(C3=CC=CN4CCS(=O)(=O)N=C34)no2)cc1. The van der Waals surface area contributed by atoms with Gasteiger partial charge in [0.1, 0.15) is 0 Å². The summed E-state index contributed by atoms with van der Waals surface area (Å²) in [6.07, 6.45) is 5.36. The van der Waals surface area contributed by atoms with Crippen molar-refractivity contribution in [3.8, 4) is 11.5 Å². The van der Waals surface area contributed by atoms with E-state index in [2.05, 4.69) is 28.4 Å². The van der Waals surface area contributed by atoms with Gasteiger partial charge in [-0.3, -0.25) is 0 Å². The monoisotopic (exact) mass is 370 g/mol. The number of aromatic nitrogens is 2. The van der Waals surface area contributed by atoms with E-state index in [1.165, 1.54) is 5.56 Å². The summed E-state index contributed by atoms with van der Waals surface area (Å²) in [5, 5.41) is 4.02. The van der Waals surface area contributed by atoms with E-state index in [1.807, 2.05) is 30.3 Å². The van der Waals surface area contributed by atoms with Gasteiger partial charge in [-0.1, -0.05) is 31.1 Å². The fourth-order valence-corrected chi connectivity index (χ4v) is 3.84. The predicted octanol–water partition coefficient (Wildman–Crippen LogP) is 2.81. The highest BCUT2D eigenvalue weighted by molar-refractivity contribution is 7.90. The summed E-state index contributed by atoms with van der Waals surface area (Å²) < 4.78 is 33.0. The first kappa shape index (κ1) is 16.7. The van der Waals surface area contributed by atoms with Gasteiger partial charge in [-0.25, -0.2) is 8.42 Å². The van der Waals surface area contributed by atoms with Crippen LogP contribution in [0.15, 0.2) is 51.5 Å². The number of nitrogens with zero attached hydrogens (tertiary/aromatic N) is 4. The molecule has 0 radical (unpaired) electrons. The second-order valence-electron chi connectivity index (χ2n) is 6.52. The number of benzene rings is 1. The van der Waals surface area contributed by atoms with Crippen LogP contribution in [0.25, 0.3) is 17.0 Å². The third-order valence-electron chi connectivity index (χ3n) is 4.35. The molecule has 0 saturated heterocycles. The van der Waals surface area contributed by atoms with Crippen molar-refractivity contribution in [3.05, 3.63) is 54.0 Å². The Hall–Kier alpha value is -2.74. The lowest BCUT2D eigenvalue weighted by atomic mass is 10.0. The van der Waals surface area contributed by atoms with E-state index in [4.69, 9.17) is 4.52 Å². The minimum atomic E-state index is -3.47. The second kappa shape index (κ2) is 6.21. The Kier molecular flexibility index (Phi) is 3.99. The summed E-state index contributed by atoms with van der Waals surface area (Å²) >= 11 is 0. The lowest BCUT2D eigenvalue weighted by Crippen LogP contribution is -2.37. The van der Waals surface area contributed by atoms with Crippen molar-refractivity contribution < 1.29 is 12.9 Å². The Balaban J connectivity index is 1.68. The van der Waals surface area contributed by atoms with Crippen LogP contribution in [0.2, 0.25) is 0 Å². The molecular formula is C18H18N4O3S. The second-order valence-corrected chi connectivity index (χ2v) is 8.27. The lowest BCUT2D eigenvalue weighted by molar-refractivity contribution is 0.428. The molecule has 134 valence electrons. The molecule has 0 unspecified atom stereocenters. The Labute approximate surface area is 151 Å². The predicted molar refractivity (Wildman–Crippen MR) is 98.9 cm³/mol. The first-order chi connectivity index (χ1) is 12.4. The molecule has 1 aromatic carbocycles. The average Bonchev–Trinajstić information content (AvgIpc) is 3.10. The van der Waals surface area contributed by atoms with Gasteiger partial charge in [-0.15, -0.1) is 4.40 Å². The maximum absolute atomic E-state index is 11.9. The van der Waals surface area contributed by atoms with Crippen LogP contribution in [0.3, 0.4) is 0 Å². The van der Waals surface area contributed by atoms with Crippen molar-refractivity contribution in [1.82, 2.24) is 15.0 Å². The van der Waals surface area contributed by atoms with E-state index in [9.17, 15) is 8.42 Å². The van der Waals surface area contributed by atoms with Crippen LogP contribution < -0.4 is 0 Å². The smallest absolute Gasteiger partial charge is 0.258 e. The highest BCUT2D eigenvalue weighted by Crippen LogP contribution is 2.27. The number of hydrogen-bond acceptors (Lipinski definition) is 6. The fourth-order valence-electron chi connectivity index (χ4n) is 2.85. The van der Waals surface area contributed by atoms with E-state index in [-0.39, 0.29) is 5.75 Å². The highest BCUT2D eigenvalue weighted by atomic mass is 32.2. The maximum atomic E-state index is 11.9. The van der Waals surface area contributed by atoms with Crippen LogP contribution in [0, 0.1) is 0 Å². The summed E-state index contributed by atoms with van der Waals surface area (Å²) in [4.78, 5) is 6.22. The summed E-state index contributed by atoms with van der Waals surface area (Å²) in [6.45, 7) is 4.62. The van der Waals surface area contributed by atoms with E-state index in [0.29, 0.717) is 35.6 Å². The molecule has 0 aliphatic carbocycles. The summed E-state index contributed by atoms with van der Waals surface area (Å²) in [7, 11) is -3.47. The largest absolute Gasteiger partial charge is 0.334 e. The van der Waals surface area contributed by atoms with Crippen LogP contribution >= 0.6 is 0 Å². The third kappa shape index (κ3) is 3.08. The lowest BCUT2D eigenvalue weighted by Gasteiger charge is -2.27. The zero-order valence-electron chi connectivity index (χ0n) is 14.5. The Morgan fingerprint density at radius 1 is 1.19 bits per heavy atom. The summed E-state index contributed by atoms with van der Waals surface area (Å²) in [6, 6.07) is 7.95. The average molecular weight is 370 g/mol. The normalized spacial score (nSPS) is 18.5. The van der Waals surface area contributed by atoms with Gasteiger partial charge in [0, 0.05) is 18.3 Å². The van der Waals surface area contributed by atoms with Crippen molar-refractivity contribution in [2.75, 3.05) is 12.3 Å². The molecule has 0 atom stereocenters. The van der Waals surface area contributed by atoms with Crippen LogP contribution in [-0.4, -0.2) is 41.6 Å². The molecule has 26 heavy (non-hydrogen) atoms. The number of allylic oxidation sites excluding steroid dienone is 2.